The summed E-state index contributed by atoms with van der Waals surface area (Å²) in [5, 5.41) is 3.29. The predicted molar refractivity (Wildman–Crippen MR) is 103 cm³/mol. The Morgan fingerprint density at radius 2 is 1.80 bits per heavy atom. The highest BCUT2D eigenvalue weighted by molar-refractivity contribution is 7.92. The van der Waals surface area contributed by atoms with E-state index in [2.05, 4.69) is 5.32 Å². The lowest BCUT2D eigenvalue weighted by Crippen LogP contribution is -2.33. The van der Waals surface area contributed by atoms with Gasteiger partial charge in [0, 0.05) is 23.7 Å². The van der Waals surface area contributed by atoms with Gasteiger partial charge in [-0.2, -0.15) is 0 Å². The lowest BCUT2D eigenvalue weighted by Gasteiger charge is -2.24. The number of anilines is 2. The molecule has 0 fully saturated rings. The number of hydrogen-bond acceptors (Lipinski definition) is 3. The molecule has 0 aliphatic rings. The molecule has 2 aromatic rings. The third kappa shape index (κ3) is 4.96. The summed E-state index contributed by atoms with van der Waals surface area (Å²) in [5.41, 5.74) is 2.81. The van der Waals surface area contributed by atoms with Crippen molar-refractivity contribution in [1.29, 1.82) is 0 Å². The maximum atomic E-state index is 12.2. The smallest absolute Gasteiger partial charge is 0.232 e. The van der Waals surface area contributed by atoms with E-state index in [1.165, 1.54) is 4.31 Å². The minimum atomic E-state index is -3.54. The number of para-hydroxylation sites is 1. The first-order chi connectivity index (χ1) is 11.7. The Hall–Kier alpha value is -2.05. The highest BCUT2D eigenvalue weighted by Crippen LogP contribution is 2.28. The average molecular weight is 381 g/mol. The average Bonchev–Trinajstić information content (AvgIpc) is 2.52. The lowest BCUT2D eigenvalue weighted by molar-refractivity contribution is -0.116. The van der Waals surface area contributed by atoms with Gasteiger partial charge < -0.3 is 5.32 Å². The van der Waals surface area contributed by atoms with Crippen LogP contribution in [0.3, 0.4) is 0 Å². The van der Waals surface area contributed by atoms with Crippen LogP contribution in [0.4, 0.5) is 11.4 Å². The fourth-order valence-corrected chi connectivity index (χ4v) is 3.61. The molecule has 0 bridgehead atoms. The number of nitrogens with zero attached hydrogens (tertiary/aromatic N) is 1. The number of hydrogen-bond donors (Lipinski definition) is 1. The molecule has 134 valence electrons. The summed E-state index contributed by atoms with van der Waals surface area (Å²) in [6.45, 7) is 3.69. The molecular weight excluding hydrogens is 360 g/mol. The monoisotopic (exact) mass is 380 g/mol. The van der Waals surface area contributed by atoms with Gasteiger partial charge >= 0.3 is 0 Å². The zero-order chi connectivity index (χ0) is 18.6. The third-order valence-electron chi connectivity index (χ3n) is 3.87. The summed E-state index contributed by atoms with van der Waals surface area (Å²) in [6.07, 6.45) is 1.15. The molecule has 0 heterocycles. The van der Waals surface area contributed by atoms with Crippen molar-refractivity contribution in [2.24, 2.45) is 0 Å². The fourth-order valence-electron chi connectivity index (χ4n) is 2.46. The summed E-state index contributed by atoms with van der Waals surface area (Å²) < 4.78 is 25.6. The highest BCUT2D eigenvalue weighted by atomic mass is 35.5. The Balaban J connectivity index is 2.15. The van der Waals surface area contributed by atoms with Gasteiger partial charge in [-0.3, -0.25) is 9.10 Å². The van der Waals surface area contributed by atoms with Gasteiger partial charge in [0.2, 0.25) is 15.9 Å². The molecule has 5 nitrogen and oxygen atoms in total. The van der Waals surface area contributed by atoms with E-state index in [1.54, 1.807) is 25.1 Å². The van der Waals surface area contributed by atoms with Crippen LogP contribution in [0.2, 0.25) is 5.02 Å². The molecule has 0 aromatic heterocycles. The first-order valence-electron chi connectivity index (χ1n) is 7.78. The Kier molecular flexibility index (Phi) is 6.08. The number of amides is 1. The van der Waals surface area contributed by atoms with Gasteiger partial charge in [0.05, 0.1) is 11.9 Å². The molecule has 0 aliphatic heterocycles. The van der Waals surface area contributed by atoms with Crippen molar-refractivity contribution < 1.29 is 13.2 Å². The summed E-state index contributed by atoms with van der Waals surface area (Å²) in [7, 11) is -3.54. The van der Waals surface area contributed by atoms with Crippen molar-refractivity contribution in [2.75, 3.05) is 22.4 Å². The molecule has 25 heavy (non-hydrogen) atoms. The quantitative estimate of drug-likeness (QED) is 0.829. The fraction of sp³-hybridized carbons (Fsp3) is 0.278. The number of halogens is 1. The number of nitrogens with one attached hydrogen (secondary N) is 1. The molecule has 1 N–H and O–H groups in total. The minimum absolute atomic E-state index is 0.0351. The van der Waals surface area contributed by atoms with Crippen LogP contribution in [0.1, 0.15) is 17.5 Å². The molecule has 0 saturated heterocycles. The molecule has 0 unspecified atom stereocenters. The minimum Gasteiger partial charge on any atom is -0.326 e. The molecule has 0 aliphatic carbocycles. The topological polar surface area (TPSA) is 66.5 Å². The first kappa shape index (κ1) is 19.3. The van der Waals surface area contributed by atoms with Crippen LogP contribution in [0, 0.1) is 13.8 Å². The number of aryl methyl sites for hydroxylation is 1. The summed E-state index contributed by atoms with van der Waals surface area (Å²) in [6, 6.07) is 12.5. The number of benzene rings is 2. The zero-order valence-electron chi connectivity index (χ0n) is 14.4. The van der Waals surface area contributed by atoms with E-state index in [0.717, 1.165) is 17.5 Å². The van der Waals surface area contributed by atoms with Crippen molar-refractivity contribution in [3.63, 3.8) is 0 Å². The summed E-state index contributed by atoms with van der Waals surface area (Å²) in [5.74, 6) is -0.248. The normalized spacial score (nSPS) is 11.2. The van der Waals surface area contributed by atoms with Gasteiger partial charge in [0.25, 0.3) is 0 Å². The molecule has 2 aromatic carbocycles. The molecule has 0 radical (unpaired) electrons. The van der Waals surface area contributed by atoms with E-state index < -0.39 is 10.0 Å². The van der Waals surface area contributed by atoms with Crippen molar-refractivity contribution in [1.82, 2.24) is 0 Å². The van der Waals surface area contributed by atoms with Crippen LogP contribution in [-0.2, 0) is 14.8 Å². The van der Waals surface area contributed by atoms with Gasteiger partial charge in [0.15, 0.2) is 0 Å². The molecule has 2 rings (SSSR count). The van der Waals surface area contributed by atoms with Crippen LogP contribution >= 0.6 is 11.6 Å². The number of carbonyl (C=O) groups is 1. The highest BCUT2D eigenvalue weighted by Gasteiger charge is 2.21. The van der Waals surface area contributed by atoms with Gasteiger partial charge in [-0.1, -0.05) is 35.9 Å². The van der Waals surface area contributed by atoms with Crippen LogP contribution in [0.15, 0.2) is 42.5 Å². The number of rotatable bonds is 6. The van der Waals surface area contributed by atoms with Crippen molar-refractivity contribution in [3.8, 4) is 0 Å². The van der Waals surface area contributed by atoms with E-state index in [4.69, 9.17) is 11.6 Å². The van der Waals surface area contributed by atoms with Crippen molar-refractivity contribution >= 4 is 38.9 Å². The summed E-state index contributed by atoms with van der Waals surface area (Å²) >= 11 is 6.09. The first-order valence-corrected chi connectivity index (χ1v) is 10.0. The van der Waals surface area contributed by atoms with Gasteiger partial charge in [-0.25, -0.2) is 8.42 Å². The molecule has 7 heteroatoms. The Labute approximate surface area is 153 Å². The number of carbonyl (C=O) groups excluding carboxylic acids is 1. The maximum Gasteiger partial charge on any atom is 0.232 e. The standard InChI is InChI=1S/C18H21ClN2O3S/c1-13-7-4-5-9-16(13)20-18(22)11-12-21(25(3,23)24)17-10-6-8-15(19)14(17)2/h4-10H,11-12H2,1-3H3,(H,20,22). The molecule has 1 amide bonds. The second-order valence-corrected chi connectivity index (χ2v) is 8.15. The van der Waals surface area contributed by atoms with Crippen LogP contribution in [-0.4, -0.2) is 27.1 Å². The van der Waals surface area contributed by atoms with Gasteiger partial charge in [0.1, 0.15) is 0 Å². The Morgan fingerprint density at radius 3 is 2.44 bits per heavy atom. The number of sulfonamides is 1. The van der Waals surface area contributed by atoms with Gasteiger partial charge in [-0.05, 0) is 43.2 Å². The van der Waals surface area contributed by atoms with Crippen LogP contribution < -0.4 is 9.62 Å². The SMILES string of the molecule is Cc1ccccc1NC(=O)CCN(c1cccc(Cl)c1C)S(C)(=O)=O. The van der Waals surface area contributed by atoms with E-state index >= 15 is 0 Å². The largest absolute Gasteiger partial charge is 0.326 e. The molecular formula is C18H21ClN2O3S. The van der Waals surface area contributed by atoms with E-state index in [1.807, 2.05) is 31.2 Å². The molecule has 0 atom stereocenters. The van der Waals surface area contributed by atoms with Crippen LogP contribution in [0.25, 0.3) is 0 Å². The Morgan fingerprint density at radius 1 is 1.12 bits per heavy atom. The van der Waals surface area contributed by atoms with Crippen molar-refractivity contribution in [3.05, 3.63) is 58.6 Å². The molecule has 0 saturated carbocycles. The molecule has 0 spiro atoms. The van der Waals surface area contributed by atoms with E-state index in [-0.39, 0.29) is 18.9 Å². The van der Waals surface area contributed by atoms with Gasteiger partial charge in [-0.15, -0.1) is 0 Å². The lowest BCUT2D eigenvalue weighted by atomic mass is 10.2. The zero-order valence-corrected chi connectivity index (χ0v) is 16.0. The van der Waals surface area contributed by atoms with Crippen LogP contribution in [0.5, 0.6) is 0 Å². The second kappa shape index (κ2) is 7.89. The maximum absolute atomic E-state index is 12.2. The predicted octanol–water partition coefficient (Wildman–Crippen LogP) is 3.75. The second-order valence-electron chi connectivity index (χ2n) is 5.83. The third-order valence-corrected chi connectivity index (χ3v) is 5.46. The van der Waals surface area contributed by atoms with Crippen molar-refractivity contribution in [2.45, 2.75) is 20.3 Å². The van der Waals surface area contributed by atoms with E-state index in [9.17, 15) is 13.2 Å². The van der Waals surface area contributed by atoms with E-state index in [0.29, 0.717) is 16.3 Å². The Bertz CT molecular complexity index is 882. The summed E-state index contributed by atoms with van der Waals surface area (Å²) in [4.78, 5) is 12.2.